The van der Waals surface area contributed by atoms with Crippen molar-refractivity contribution in [3.63, 3.8) is 0 Å². The molecule has 1 amide bonds. The average molecular weight is 537 g/mol. The zero-order valence-corrected chi connectivity index (χ0v) is 22.5. The minimum atomic E-state index is -4.59. The Kier molecular flexibility index (Phi) is 9.11. The maximum Gasteiger partial charge on any atom is 0.421 e. The summed E-state index contributed by atoms with van der Waals surface area (Å²) in [5, 5.41) is 10.7. The van der Waals surface area contributed by atoms with Gasteiger partial charge in [-0.2, -0.15) is 23.3 Å². The molecule has 0 aromatic carbocycles. The summed E-state index contributed by atoms with van der Waals surface area (Å²) >= 11 is 0. The summed E-state index contributed by atoms with van der Waals surface area (Å²) in [7, 11) is 0. The highest BCUT2D eigenvalue weighted by atomic mass is 19.4. The quantitative estimate of drug-likeness (QED) is 0.419. The van der Waals surface area contributed by atoms with Crippen LogP contribution in [0.4, 0.5) is 30.6 Å². The van der Waals surface area contributed by atoms with Crippen LogP contribution in [0.2, 0.25) is 0 Å². The van der Waals surface area contributed by atoms with E-state index in [4.69, 9.17) is 5.10 Å². The number of likely N-dealkylation sites (tertiary alicyclic amines) is 2. The number of aromatic nitrogens is 4. The second-order valence-corrected chi connectivity index (χ2v) is 10.4. The topological polar surface area (TPSA) is 91.2 Å². The van der Waals surface area contributed by atoms with E-state index in [0.29, 0.717) is 44.1 Å². The monoisotopic (exact) mass is 536 g/mol. The van der Waals surface area contributed by atoms with Gasteiger partial charge in [-0.3, -0.25) is 9.48 Å². The molecule has 2 aliphatic heterocycles. The van der Waals surface area contributed by atoms with E-state index in [9.17, 15) is 18.0 Å². The van der Waals surface area contributed by atoms with Crippen molar-refractivity contribution in [3.8, 4) is 0 Å². The Hall–Kier alpha value is -2.89. The van der Waals surface area contributed by atoms with E-state index < -0.39 is 11.7 Å². The van der Waals surface area contributed by atoms with Crippen molar-refractivity contribution in [2.75, 3.05) is 43.4 Å². The molecule has 0 spiro atoms. The van der Waals surface area contributed by atoms with Crippen LogP contribution in [0.25, 0.3) is 0 Å². The molecule has 0 unspecified atom stereocenters. The van der Waals surface area contributed by atoms with E-state index in [1.54, 1.807) is 4.90 Å². The van der Waals surface area contributed by atoms with Gasteiger partial charge in [0.25, 0.3) is 0 Å². The van der Waals surface area contributed by atoms with Gasteiger partial charge in [-0.1, -0.05) is 6.92 Å². The van der Waals surface area contributed by atoms with E-state index in [0.717, 1.165) is 50.7 Å². The number of carbonyl (C=O) groups is 1. The van der Waals surface area contributed by atoms with Crippen LogP contribution in [0.15, 0.2) is 12.4 Å². The van der Waals surface area contributed by atoms with Gasteiger partial charge in [0, 0.05) is 57.6 Å². The highest BCUT2D eigenvalue weighted by Crippen LogP contribution is 2.34. The Balaban J connectivity index is 1.43. The van der Waals surface area contributed by atoms with Crippen molar-refractivity contribution in [2.24, 2.45) is 0 Å². The van der Waals surface area contributed by atoms with Crippen LogP contribution in [-0.2, 0) is 17.4 Å². The van der Waals surface area contributed by atoms with Crippen LogP contribution >= 0.6 is 0 Å². The molecule has 2 aromatic rings. The molecule has 2 N–H and O–H groups in total. The van der Waals surface area contributed by atoms with E-state index >= 15 is 0 Å². The lowest BCUT2D eigenvalue weighted by Crippen LogP contribution is -2.39. The number of nitrogens with one attached hydrogen (secondary N) is 2. The van der Waals surface area contributed by atoms with Gasteiger partial charge in [0.15, 0.2) is 0 Å². The van der Waals surface area contributed by atoms with Gasteiger partial charge in [0.2, 0.25) is 11.9 Å². The van der Waals surface area contributed by atoms with Crippen molar-refractivity contribution in [2.45, 2.75) is 84.0 Å². The molecule has 0 radical (unpaired) electrons. The molecule has 2 saturated heterocycles. The molecule has 12 heteroatoms. The molecular formula is C26H39F3N8O. The van der Waals surface area contributed by atoms with Gasteiger partial charge in [0.1, 0.15) is 11.4 Å². The molecule has 38 heavy (non-hydrogen) atoms. The molecule has 0 saturated carbocycles. The first-order valence-corrected chi connectivity index (χ1v) is 13.7. The maximum absolute atomic E-state index is 13.7. The second kappa shape index (κ2) is 12.3. The SMILES string of the molecule is CCc1nn(C2CCN(C(C)C)CC2)cc1Nc1ncc(C(F)(F)F)c(NCCCN2CCCCC2=O)n1. The van der Waals surface area contributed by atoms with E-state index in [1.165, 1.54) is 0 Å². The lowest BCUT2D eigenvalue weighted by molar-refractivity contribution is -0.137. The predicted molar refractivity (Wildman–Crippen MR) is 140 cm³/mol. The summed E-state index contributed by atoms with van der Waals surface area (Å²) in [6, 6.07) is 0.798. The third kappa shape index (κ3) is 6.95. The van der Waals surface area contributed by atoms with E-state index in [2.05, 4.69) is 39.3 Å². The molecule has 9 nitrogen and oxygen atoms in total. The fourth-order valence-corrected chi connectivity index (χ4v) is 5.13. The van der Waals surface area contributed by atoms with Crippen LogP contribution < -0.4 is 10.6 Å². The van der Waals surface area contributed by atoms with Crippen LogP contribution in [-0.4, -0.2) is 74.2 Å². The number of carbonyl (C=O) groups excluding carboxylic acids is 1. The minimum absolute atomic E-state index is 0.0792. The molecule has 2 aromatic heterocycles. The minimum Gasteiger partial charge on any atom is -0.369 e. The Morgan fingerprint density at radius 2 is 1.92 bits per heavy atom. The molecule has 0 bridgehead atoms. The summed E-state index contributed by atoms with van der Waals surface area (Å²) in [4.78, 5) is 24.4. The smallest absolute Gasteiger partial charge is 0.369 e. The number of aryl methyl sites for hydroxylation is 1. The number of anilines is 3. The van der Waals surface area contributed by atoms with Gasteiger partial charge >= 0.3 is 6.18 Å². The van der Waals surface area contributed by atoms with Crippen LogP contribution in [0.1, 0.15) is 76.6 Å². The number of hydrogen-bond acceptors (Lipinski definition) is 7. The van der Waals surface area contributed by atoms with Crippen molar-refractivity contribution >= 4 is 23.4 Å². The summed E-state index contributed by atoms with van der Waals surface area (Å²) in [5.41, 5.74) is 0.606. The fourth-order valence-electron chi connectivity index (χ4n) is 5.13. The van der Waals surface area contributed by atoms with Crippen LogP contribution in [0.3, 0.4) is 0 Å². The highest BCUT2D eigenvalue weighted by Gasteiger charge is 2.35. The average Bonchev–Trinajstić information content (AvgIpc) is 3.29. The fraction of sp³-hybridized carbons (Fsp3) is 0.692. The summed E-state index contributed by atoms with van der Waals surface area (Å²) < 4.78 is 42.9. The molecule has 4 heterocycles. The lowest BCUT2D eigenvalue weighted by Gasteiger charge is -2.34. The molecular weight excluding hydrogens is 497 g/mol. The number of nitrogens with zero attached hydrogens (tertiary/aromatic N) is 6. The number of hydrogen-bond donors (Lipinski definition) is 2. The van der Waals surface area contributed by atoms with Gasteiger partial charge in [-0.25, -0.2) is 4.98 Å². The standard InChI is InChI=1S/C26H39F3N8O/c1-4-21-22(17-37(34-21)19-9-14-35(15-10-19)18(2)3)32-25-31-16-20(26(27,28)29)24(33-25)30-11-7-13-36-12-6-5-8-23(36)38/h16-19H,4-15H2,1-3H3,(H2,30,31,32,33). The first kappa shape index (κ1) is 28.1. The van der Waals surface area contributed by atoms with E-state index in [1.807, 2.05) is 17.8 Å². The number of amides is 1. The Morgan fingerprint density at radius 3 is 2.58 bits per heavy atom. The number of piperidine rings is 2. The first-order valence-electron chi connectivity index (χ1n) is 13.7. The predicted octanol–water partition coefficient (Wildman–Crippen LogP) is 4.86. The second-order valence-electron chi connectivity index (χ2n) is 10.4. The Labute approximate surface area is 222 Å². The number of halogens is 3. The summed E-state index contributed by atoms with van der Waals surface area (Å²) in [6.45, 7) is 9.90. The largest absolute Gasteiger partial charge is 0.421 e. The Bertz CT molecular complexity index is 1080. The van der Waals surface area contributed by atoms with Gasteiger partial charge in [0.05, 0.1) is 17.4 Å². The molecule has 0 atom stereocenters. The molecule has 4 rings (SSSR count). The van der Waals surface area contributed by atoms with Crippen molar-refractivity contribution in [3.05, 3.63) is 23.7 Å². The summed E-state index contributed by atoms with van der Waals surface area (Å²) in [5.74, 6) is -0.0828. The van der Waals surface area contributed by atoms with Gasteiger partial charge < -0.3 is 20.4 Å². The number of rotatable bonds is 10. The Morgan fingerprint density at radius 1 is 1.16 bits per heavy atom. The third-order valence-electron chi connectivity index (χ3n) is 7.41. The summed E-state index contributed by atoms with van der Waals surface area (Å²) in [6.07, 6.45) is 3.73. The maximum atomic E-state index is 13.7. The van der Waals surface area contributed by atoms with Crippen LogP contribution in [0.5, 0.6) is 0 Å². The van der Waals surface area contributed by atoms with Crippen molar-refractivity contribution < 1.29 is 18.0 Å². The molecule has 0 aliphatic carbocycles. The lowest BCUT2D eigenvalue weighted by atomic mass is 10.0. The zero-order chi connectivity index (χ0) is 27.3. The van der Waals surface area contributed by atoms with Crippen LogP contribution in [0, 0.1) is 0 Å². The van der Waals surface area contributed by atoms with Crippen molar-refractivity contribution in [1.82, 2.24) is 29.5 Å². The van der Waals surface area contributed by atoms with Gasteiger partial charge in [-0.05, 0) is 52.4 Å². The molecule has 210 valence electrons. The zero-order valence-electron chi connectivity index (χ0n) is 22.5. The molecule has 2 fully saturated rings. The first-order chi connectivity index (χ1) is 18.2. The third-order valence-corrected chi connectivity index (χ3v) is 7.41. The van der Waals surface area contributed by atoms with Gasteiger partial charge in [-0.15, -0.1) is 0 Å². The number of alkyl halides is 3. The molecule has 2 aliphatic rings. The van der Waals surface area contributed by atoms with E-state index in [-0.39, 0.29) is 30.3 Å². The highest BCUT2D eigenvalue weighted by molar-refractivity contribution is 5.76. The normalized spacial score (nSPS) is 17.9. The van der Waals surface area contributed by atoms with Crippen molar-refractivity contribution in [1.29, 1.82) is 0 Å².